The number of ether oxygens (including phenoxy) is 2. The quantitative estimate of drug-likeness (QED) is 0.444. The second-order valence-electron chi connectivity index (χ2n) is 8.14. The number of rotatable bonds is 10. The number of benzene rings is 3. The molecule has 0 fully saturated rings. The van der Waals surface area contributed by atoms with Crippen LogP contribution in [-0.4, -0.2) is 32.9 Å². The summed E-state index contributed by atoms with van der Waals surface area (Å²) in [6.45, 7) is 4.83. The third kappa shape index (κ3) is 7.08. The molecule has 0 heterocycles. The fourth-order valence-electron chi connectivity index (χ4n) is 3.67. The van der Waals surface area contributed by atoms with E-state index in [2.05, 4.69) is 12.1 Å². The SMILES string of the molecule is Cc1cc(OCCCS(C)(=O)=O)cc(C)c1-c1cccc(COc2ccc(C(N)=O)cc2)c1. The molecule has 1 amide bonds. The van der Waals surface area contributed by atoms with E-state index < -0.39 is 15.7 Å². The maximum Gasteiger partial charge on any atom is 0.248 e. The molecule has 174 valence electrons. The van der Waals surface area contributed by atoms with E-state index in [1.54, 1.807) is 24.3 Å². The Kier molecular flexibility index (Phi) is 7.76. The zero-order valence-corrected chi connectivity index (χ0v) is 19.9. The van der Waals surface area contributed by atoms with Gasteiger partial charge in [-0.3, -0.25) is 4.79 Å². The summed E-state index contributed by atoms with van der Waals surface area (Å²) in [5.41, 5.74) is 11.1. The largest absolute Gasteiger partial charge is 0.494 e. The Bertz CT molecular complexity index is 1210. The van der Waals surface area contributed by atoms with Gasteiger partial charge in [0.2, 0.25) is 5.91 Å². The van der Waals surface area contributed by atoms with Gasteiger partial charge in [0.15, 0.2) is 0 Å². The molecule has 0 saturated heterocycles. The van der Waals surface area contributed by atoms with Gasteiger partial charge in [-0.2, -0.15) is 0 Å². The molecule has 0 aliphatic carbocycles. The molecule has 0 saturated carbocycles. The molecule has 0 radical (unpaired) electrons. The molecular weight excluding hydrogens is 438 g/mol. The zero-order valence-electron chi connectivity index (χ0n) is 19.1. The summed E-state index contributed by atoms with van der Waals surface area (Å²) in [5.74, 6) is 1.05. The van der Waals surface area contributed by atoms with Gasteiger partial charge in [0.1, 0.15) is 27.9 Å². The van der Waals surface area contributed by atoms with Gasteiger partial charge in [0, 0.05) is 11.8 Å². The zero-order chi connectivity index (χ0) is 24.0. The number of sulfone groups is 1. The van der Waals surface area contributed by atoms with Crippen molar-refractivity contribution in [3.05, 3.63) is 82.9 Å². The Hall–Kier alpha value is -3.32. The number of hydrogen-bond donors (Lipinski definition) is 1. The molecule has 0 unspecified atom stereocenters. The predicted molar refractivity (Wildman–Crippen MR) is 130 cm³/mol. The first-order chi connectivity index (χ1) is 15.6. The Balaban J connectivity index is 1.69. The van der Waals surface area contributed by atoms with Crippen molar-refractivity contribution in [2.75, 3.05) is 18.6 Å². The molecule has 6 nitrogen and oxygen atoms in total. The highest BCUT2D eigenvalue weighted by Gasteiger charge is 2.10. The van der Waals surface area contributed by atoms with Gasteiger partial charge in [0.05, 0.1) is 12.4 Å². The summed E-state index contributed by atoms with van der Waals surface area (Å²) < 4.78 is 34.2. The maximum atomic E-state index is 11.3. The Morgan fingerprint density at radius 3 is 2.18 bits per heavy atom. The second kappa shape index (κ2) is 10.5. The molecule has 33 heavy (non-hydrogen) atoms. The van der Waals surface area contributed by atoms with Crippen LogP contribution in [0, 0.1) is 13.8 Å². The Morgan fingerprint density at radius 1 is 0.909 bits per heavy atom. The standard InChI is InChI=1S/C26H29NO5S/c1-18-14-24(31-12-5-13-33(3,29)30)15-19(2)25(18)22-7-4-6-20(16-22)17-32-23-10-8-21(9-11-23)26(27)28/h4,6-11,14-16H,5,12-13,17H2,1-3H3,(H2,27,28). The van der Waals surface area contributed by atoms with E-state index in [1.807, 2.05) is 38.1 Å². The summed E-state index contributed by atoms with van der Waals surface area (Å²) in [6.07, 6.45) is 1.70. The molecule has 3 rings (SSSR count). The summed E-state index contributed by atoms with van der Waals surface area (Å²) in [6, 6.07) is 18.9. The number of carbonyl (C=O) groups is 1. The Morgan fingerprint density at radius 2 is 1.58 bits per heavy atom. The summed E-state index contributed by atoms with van der Waals surface area (Å²) in [7, 11) is -2.98. The fourth-order valence-corrected chi connectivity index (χ4v) is 4.31. The smallest absolute Gasteiger partial charge is 0.248 e. The lowest BCUT2D eigenvalue weighted by Gasteiger charge is -2.15. The monoisotopic (exact) mass is 467 g/mol. The molecular formula is C26H29NO5S. The van der Waals surface area contributed by atoms with Crippen LogP contribution in [0.25, 0.3) is 11.1 Å². The molecule has 3 aromatic rings. The van der Waals surface area contributed by atoms with Crippen molar-refractivity contribution in [3.63, 3.8) is 0 Å². The molecule has 0 aliphatic rings. The highest BCUT2D eigenvalue weighted by Crippen LogP contribution is 2.32. The third-order valence-electron chi connectivity index (χ3n) is 5.19. The molecule has 0 spiro atoms. The number of primary amides is 1. The maximum absolute atomic E-state index is 11.3. The van der Waals surface area contributed by atoms with Crippen molar-refractivity contribution in [2.24, 2.45) is 5.73 Å². The number of nitrogens with two attached hydrogens (primary N) is 1. The van der Waals surface area contributed by atoms with Crippen LogP contribution in [0.4, 0.5) is 0 Å². The molecule has 0 atom stereocenters. The fraction of sp³-hybridized carbons (Fsp3) is 0.269. The molecule has 0 bridgehead atoms. The minimum atomic E-state index is -2.98. The molecule has 0 aromatic heterocycles. The number of carbonyl (C=O) groups excluding carboxylic acids is 1. The van der Waals surface area contributed by atoms with Crippen LogP contribution in [0.15, 0.2) is 60.7 Å². The second-order valence-corrected chi connectivity index (χ2v) is 10.4. The average Bonchev–Trinajstić information content (AvgIpc) is 2.75. The lowest BCUT2D eigenvalue weighted by atomic mass is 9.94. The van der Waals surface area contributed by atoms with E-state index in [0.717, 1.165) is 33.6 Å². The predicted octanol–water partition coefficient (Wildman–Crippen LogP) is 4.46. The first-order valence-corrected chi connectivity index (χ1v) is 12.7. The summed E-state index contributed by atoms with van der Waals surface area (Å²) >= 11 is 0. The molecule has 2 N–H and O–H groups in total. The topological polar surface area (TPSA) is 95.7 Å². The minimum absolute atomic E-state index is 0.118. The lowest BCUT2D eigenvalue weighted by molar-refractivity contribution is 0.1000. The first kappa shape index (κ1) is 24.3. The van der Waals surface area contributed by atoms with E-state index in [9.17, 15) is 13.2 Å². The van der Waals surface area contributed by atoms with Gasteiger partial charge in [-0.25, -0.2) is 8.42 Å². The highest BCUT2D eigenvalue weighted by atomic mass is 32.2. The van der Waals surface area contributed by atoms with Crippen molar-refractivity contribution in [1.29, 1.82) is 0 Å². The highest BCUT2D eigenvalue weighted by molar-refractivity contribution is 7.90. The normalized spacial score (nSPS) is 11.2. The van der Waals surface area contributed by atoms with Crippen molar-refractivity contribution >= 4 is 15.7 Å². The van der Waals surface area contributed by atoms with E-state index >= 15 is 0 Å². The van der Waals surface area contributed by atoms with Crippen LogP contribution in [0.2, 0.25) is 0 Å². The van der Waals surface area contributed by atoms with Crippen LogP contribution in [0.3, 0.4) is 0 Å². The van der Waals surface area contributed by atoms with Gasteiger partial charge in [-0.15, -0.1) is 0 Å². The van der Waals surface area contributed by atoms with Crippen LogP contribution >= 0.6 is 0 Å². The van der Waals surface area contributed by atoms with Gasteiger partial charge in [-0.1, -0.05) is 18.2 Å². The summed E-state index contributed by atoms with van der Waals surface area (Å²) in [4.78, 5) is 11.2. The van der Waals surface area contributed by atoms with Crippen molar-refractivity contribution in [3.8, 4) is 22.6 Å². The third-order valence-corrected chi connectivity index (χ3v) is 6.22. The first-order valence-electron chi connectivity index (χ1n) is 10.7. The molecule has 3 aromatic carbocycles. The number of amides is 1. The lowest BCUT2D eigenvalue weighted by Crippen LogP contribution is -2.10. The van der Waals surface area contributed by atoms with Gasteiger partial charge >= 0.3 is 0 Å². The van der Waals surface area contributed by atoms with Crippen LogP contribution in [-0.2, 0) is 16.4 Å². The van der Waals surface area contributed by atoms with Gasteiger partial charge < -0.3 is 15.2 Å². The van der Waals surface area contributed by atoms with Crippen molar-refractivity contribution in [1.82, 2.24) is 0 Å². The van der Waals surface area contributed by atoms with E-state index in [1.165, 1.54) is 6.26 Å². The van der Waals surface area contributed by atoms with E-state index in [-0.39, 0.29) is 5.75 Å². The van der Waals surface area contributed by atoms with Crippen molar-refractivity contribution in [2.45, 2.75) is 26.9 Å². The van der Waals surface area contributed by atoms with Crippen LogP contribution in [0.5, 0.6) is 11.5 Å². The van der Waals surface area contributed by atoms with Crippen molar-refractivity contribution < 1.29 is 22.7 Å². The average molecular weight is 468 g/mol. The van der Waals surface area contributed by atoms with Gasteiger partial charge in [0.25, 0.3) is 0 Å². The van der Waals surface area contributed by atoms with Gasteiger partial charge in [-0.05, 0) is 90.6 Å². The Labute approximate surface area is 195 Å². The van der Waals surface area contributed by atoms with E-state index in [4.69, 9.17) is 15.2 Å². The number of hydrogen-bond acceptors (Lipinski definition) is 5. The summed E-state index contributed by atoms with van der Waals surface area (Å²) in [5, 5.41) is 0. The molecule has 7 heteroatoms. The minimum Gasteiger partial charge on any atom is -0.494 e. The van der Waals surface area contributed by atoms with E-state index in [0.29, 0.717) is 30.9 Å². The van der Waals surface area contributed by atoms with Crippen LogP contribution < -0.4 is 15.2 Å². The molecule has 0 aliphatic heterocycles. The van der Waals surface area contributed by atoms with Crippen LogP contribution in [0.1, 0.15) is 33.5 Å². The number of aryl methyl sites for hydroxylation is 2.